The van der Waals surface area contributed by atoms with Crippen LogP contribution in [0.1, 0.15) is 16.7 Å². The van der Waals surface area contributed by atoms with Crippen LogP contribution in [-0.2, 0) is 13.2 Å². The molecule has 0 aliphatic carbocycles. The third-order valence-corrected chi connectivity index (χ3v) is 4.40. The molecule has 144 valence electrons. The molecule has 28 heavy (non-hydrogen) atoms. The van der Waals surface area contributed by atoms with Gasteiger partial charge in [-0.05, 0) is 53.1 Å². The molecule has 0 atom stereocenters. The Morgan fingerprint density at radius 2 is 1.82 bits per heavy atom. The van der Waals surface area contributed by atoms with Gasteiger partial charge >= 0.3 is 0 Å². The normalized spacial score (nSPS) is 10.8. The molecule has 0 spiro atoms. The van der Waals surface area contributed by atoms with Gasteiger partial charge in [0.05, 0.1) is 19.9 Å². The maximum atomic E-state index is 13.0. The Hall–Kier alpha value is -3.05. The van der Waals surface area contributed by atoms with Crippen molar-refractivity contribution in [2.45, 2.75) is 13.2 Å². The number of nitrogens with zero attached hydrogens (tertiary/aromatic N) is 1. The van der Waals surface area contributed by atoms with Gasteiger partial charge in [-0.15, -0.1) is 0 Å². The van der Waals surface area contributed by atoms with Gasteiger partial charge < -0.3 is 14.9 Å². The van der Waals surface area contributed by atoms with Crippen molar-refractivity contribution >= 4 is 17.8 Å². The van der Waals surface area contributed by atoms with Crippen LogP contribution in [0.3, 0.4) is 0 Å². The van der Waals surface area contributed by atoms with Crippen LogP contribution >= 0.6 is 11.6 Å². The van der Waals surface area contributed by atoms with Crippen molar-refractivity contribution in [2.24, 2.45) is 5.10 Å². The Morgan fingerprint density at radius 1 is 1.04 bits per heavy atom. The maximum Gasteiger partial charge on any atom is 0.161 e. The monoisotopic (exact) mass is 398 g/mol. The summed E-state index contributed by atoms with van der Waals surface area (Å²) < 4.78 is 24.2. The molecule has 0 saturated heterocycles. The van der Waals surface area contributed by atoms with Gasteiger partial charge in [-0.3, -0.25) is 0 Å². The number of rotatable bonds is 8. The standard InChI is InChI=1S/C22H20ClFN2O2/c1-27-22-12-17(13-25-26-14-18-4-2-3-5-20(18)23)8-11-21(22)28-15-16-6-9-19(24)10-7-16/h2-13,26H,14-15H2,1H3/b25-13-. The predicted octanol–water partition coefficient (Wildman–Crippen LogP) is 5.19. The first kappa shape index (κ1) is 19.7. The van der Waals surface area contributed by atoms with Gasteiger partial charge in [0.15, 0.2) is 11.5 Å². The van der Waals surface area contributed by atoms with Crippen LogP contribution in [-0.4, -0.2) is 13.3 Å². The van der Waals surface area contributed by atoms with Gasteiger partial charge in [0.1, 0.15) is 12.4 Å². The van der Waals surface area contributed by atoms with Gasteiger partial charge in [-0.2, -0.15) is 5.10 Å². The zero-order valence-corrected chi connectivity index (χ0v) is 16.1. The topological polar surface area (TPSA) is 42.8 Å². The van der Waals surface area contributed by atoms with Gasteiger partial charge in [-0.1, -0.05) is 41.9 Å². The number of methoxy groups -OCH3 is 1. The molecule has 4 nitrogen and oxygen atoms in total. The lowest BCUT2D eigenvalue weighted by molar-refractivity contribution is 0.284. The maximum absolute atomic E-state index is 13.0. The zero-order valence-electron chi connectivity index (χ0n) is 15.4. The fourth-order valence-corrected chi connectivity index (χ4v) is 2.72. The van der Waals surface area contributed by atoms with Crippen molar-refractivity contribution in [3.63, 3.8) is 0 Å². The number of hydrogen-bond donors (Lipinski definition) is 1. The highest BCUT2D eigenvalue weighted by atomic mass is 35.5. The Balaban J connectivity index is 1.59. The van der Waals surface area contributed by atoms with Crippen molar-refractivity contribution in [1.82, 2.24) is 5.43 Å². The van der Waals surface area contributed by atoms with Crippen LogP contribution in [0.15, 0.2) is 71.8 Å². The van der Waals surface area contributed by atoms with Crippen LogP contribution in [0.25, 0.3) is 0 Å². The summed E-state index contributed by atoms with van der Waals surface area (Å²) in [5.74, 6) is 0.929. The van der Waals surface area contributed by atoms with Gasteiger partial charge in [0, 0.05) is 5.02 Å². The molecule has 0 radical (unpaired) electrons. The average Bonchev–Trinajstić information content (AvgIpc) is 2.72. The van der Waals surface area contributed by atoms with Crippen LogP contribution < -0.4 is 14.9 Å². The molecule has 3 aromatic carbocycles. The van der Waals surface area contributed by atoms with Crippen molar-refractivity contribution in [3.8, 4) is 11.5 Å². The van der Waals surface area contributed by atoms with E-state index in [1.165, 1.54) is 12.1 Å². The molecule has 0 bridgehead atoms. The smallest absolute Gasteiger partial charge is 0.161 e. The predicted molar refractivity (Wildman–Crippen MR) is 110 cm³/mol. The van der Waals surface area contributed by atoms with Crippen molar-refractivity contribution in [1.29, 1.82) is 0 Å². The fraction of sp³-hybridized carbons (Fsp3) is 0.136. The van der Waals surface area contributed by atoms with Gasteiger partial charge in [-0.25, -0.2) is 4.39 Å². The molecule has 0 aromatic heterocycles. The summed E-state index contributed by atoms with van der Waals surface area (Å²) in [6.07, 6.45) is 1.70. The van der Waals surface area contributed by atoms with Crippen LogP contribution in [0.2, 0.25) is 5.02 Å². The summed E-state index contributed by atoms with van der Waals surface area (Å²) in [7, 11) is 1.58. The van der Waals surface area contributed by atoms with E-state index in [9.17, 15) is 4.39 Å². The lowest BCUT2D eigenvalue weighted by Crippen LogP contribution is -2.06. The summed E-state index contributed by atoms with van der Waals surface area (Å²) in [4.78, 5) is 0. The largest absolute Gasteiger partial charge is 0.493 e. The third kappa shape index (κ3) is 5.47. The second-order valence-electron chi connectivity index (χ2n) is 6.01. The molecule has 0 saturated carbocycles. The minimum atomic E-state index is -0.270. The molecule has 0 aliphatic heterocycles. The molecule has 0 unspecified atom stereocenters. The van der Waals surface area contributed by atoms with E-state index in [4.69, 9.17) is 21.1 Å². The Morgan fingerprint density at radius 3 is 2.57 bits per heavy atom. The van der Waals surface area contributed by atoms with Crippen LogP contribution in [0.4, 0.5) is 4.39 Å². The summed E-state index contributed by atoms with van der Waals surface area (Å²) in [5, 5.41) is 4.92. The van der Waals surface area contributed by atoms with Crippen molar-refractivity contribution in [2.75, 3.05) is 7.11 Å². The molecule has 6 heteroatoms. The molecule has 0 heterocycles. The Labute approximate surface area is 168 Å². The van der Waals surface area contributed by atoms with Crippen LogP contribution in [0.5, 0.6) is 11.5 Å². The minimum Gasteiger partial charge on any atom is -0.493 e. The Bertz CT molecular complexity index is 946. The number of ether oxygens (including phenoxy) is 2. The highest BCUT2D eigenvalue weighted by Gasteiger charge is 2.06. The molecule has 0 amide bonds. The fourth-order valence-electron chi connectivity index (χ4n) is 2.52. The average molecular weight is 399 g/mol. The number of nitrogens with one attached hydrogen (secondary N) is 1. The van der Waals surface area contributed by atoms with Crippen molar-refractivity contribution in [3.05, 3.63) is 94.3 Å². The molecular weight excluding hydrogens is 379 g/mol. The first-order valence-corrected chi connectivity index (χ1v) is 9.08. The minimum absolute atomic E-state index is 0.270. The highest BCUT2D eigenvalue weighted by molar-refractivity contribution is 6.31. The van der Waals surface area contributed by atoms with E-state index in [0.717, 1.165) is 16.7 Å². The van der Waals surface area contributed by atoms with E-state index < -0.39 is 0 Å². The van der Waals surface area contributed by atoms with E-state index in [2.05, 4.69) is 10.5 Å². The molecular formula is C22H20ClFN2O2. The molecule has 1 N–H and O–H groups in total. The van der Waals surface area contributed by atoms with E-state index in [0.29, 0.717) is 29.7 Å². The van der Waals surface area contributed by atoms with Gasteiger partial charge in [0.25, 0.3) is 0 Å². The summed E-state index contributed by atoms with van der Waals surface area (Å²) in [6, 6.07) is 19.3. The van der Waals surface area contributed by atoms with Crippen molar-refractivity contribution < 1.29 is 13.9 Å². The number of benzene rings is 3. The summed E-state index contributed by atoms with van der Waals surface area (Å²) in [6.45, 7) is 0.857. The quantitative estimate of drug-likeness (QED) is 0.419. The molecule has 3 aromatic rings. The molecule has 0 aliphatic rings. The second kappa shape index (κ2) is 9.76. The van der Waals surface area contributed by atoms with E-state index in [-0.39, 0.29) is 5.82 Å². The van der Waals surface area contributed by atoms with Crippen LogP contribution in [0, 0.1) is 5.82 Å². The first-order chi connectivity index (χ1) is 13.7. The molecule has 0 fully saturated rings. The SMILES string of the molecule is COc1cc(/C=N\NCc2ccccc2Cl)ccc1OCc1ccc(F)cc1. The van der Waals surface area contributed by atoms with E-state index in [1.54, 1.807) is 25.5 Å². The highest BCUT2D eigenvalue weighted by Crippen LogP contribution is 2.28. The second-order valence-corrected chi connectivity index (χ2v) is 6.42. The lowest BCUT2D eigenvalue weighted by Gasteiger charge is -2.11. The number of hydrogen-bond acceptors (Lipinski definition) is 4. The zero-order chi connectivity index (χ0) is 19.8. The number of halogens is 2. The van der Waals surface area contributed by atoms with E-state index >= 15 is 0 Å². The summed E-state index contributed by atoms with van der Waals surface area (Å²) in [5.41, 5.74) is 5.68. The van der Waals surface area contributed by atoms with E-state index in [1.807, 2.05) is 42.5 Å². The molecule has 3 rings (SSSR count). The number of hydrazone groups is 1. The Kier molecular flexibility index (Phi) is 6.87. The lowest BCUT2D eigenvalue weighted by atomic mass is 10.2. The first-order valence-electron chi connectivity index (χ1n) is 8.70. The van der Waals surface area contributed by atoms with Gasteiger partial charge in [0.2, 0.25) is 0 Å². The summed E-state index contributed by atoms with van der Waals surface area (Å²) >= 11 is 6.12. The third-order valence-electron chi connectivity index (χ3n) is 4.03.